The Kier molecular flexibility index (Phi) is 5.88. The normalized spacial score (nSPS) is 9.91. The largest absolute Gasteiger partial charge is 0.331 e. The fraction of sp³-hybridized carbons (Fsp3) is 0.111. The van der Waals surface area contributed by atoms with Crippen molar-refractivity contribution in [1.29, 1.82) is 0 Å². The van der Waals surface area contributed by atoms with Gasteiger partial charge in [0, 0.05) is 24.3 Å². The first kappa shape index (κ1) is 16.7. The highest BCUT2D eigenvalue weighted by molar-refractivity contribution is 7.12. The van der Waals surface area contributed by atoms with Crippen LogP contribution < -0.4 is 5.32 Å². The molecule has 23 heavy (non-hydrogen) atoms. The average molecular weight is 326 g/mol. The van der Waals surface area contributed by atoms with Crippen LogP contribution in [0.2, 0.25) is 0 Å². The predicted molar refractivity (Wildman–Crippen MR) is 95.0 cm³/mol. The van der Waals surface area contributed by atoms with Crippen molar-refractivity contribution in [3.05, 3.63) is 77.5 Å². The maximum absolute atomic E-state index is 12.5. The molecule has 0 spiro atoms. The van der Waals surface area contributed by atoms with Crippen LogP contribution >= 0.6 is 11.3 Å². The van der Waals surface area contributed by atoms with Crippen LogP contribution in [0.5, 0.6) is 0 Å². The Morgan fingerprint density at radius 2 is 1.87 bits per heavy atom. The molecule has 0 radical (unpaired) electrons. The van der Waals surface area contributed by atoms with E-state index in [0.29, 0.717) is 29.2 Å². The van der Waals surface area contributed by atoms with Gasteiger partial charge in [-0.25, -0.2) is 0 Å². The number of carbonyl (C=O) groups is 2. The molecule has 1 aromatic carbocycles. The summed E-state index contributed by atoms with van der Waals surface area (Å²) in [5.74, 6) is -0.310. The number of hydrogen-bond donors (Lipinski definition) is 1. The van der Waals surface area contributed by atoms with Gasteiger partial charge in [0.15, 0.2) is 0 Å². The van der Waals surface area contributed by atoms with E-state index in [1.807, 2.05) is 11.4 Å². The van der Waals surface area contributed by atoms with E-state index in [0.717, 1.165) is 0 Å². The number of anilines is 1. The van der Waals surface area contributed by atoms with E-state index in [9.17, 15) is 9.59 Å². The minimum absolute atomic E-state index is 0.128. The standard InChI is InChI=1S/C18H18N2O2S/c1-3-10-20(11-4-2)18(22)14-7-5-8-15(13-14)19-17(21)16-9-6-12-23-16/h3-9,12-13H,1-2,10-11H2,(H,19,21). The summed E-state index contributed by atoms with van der Waals surface area (Å²) in [5, 5.41) is 4.65. The van der Waals surface area contributed by atoms with Crippen molar-refractivity contribution in [1.82, 2.24) is 4.90 Å². The lowest BCUT2D eigenvalue weighted by Gasteiger charge is -2.19. The molecule has 0 bridgehead atoms. The van der Waals surface area contributed by atoms with Gasteiger partial charge in [-0.1, -0.05) is 24.3 Å². The van der Waals surface area contributed by atoms with Crippen LogP contribution in [0.1, 0.15) is 20.0 Å². The van der Waals surface area contributed by atoms with Gasteiger partial charge < -0.3 is 10.2 Å². The predicted octanol–water partition coefficient (Wildman–Crippen LogP) is 3.81. The first-order valence-corrected chi connectivity index (χ1v) is 7.99. The van der Waals surface area contributed by atoms with E-state index in [4.69, 9.17) is 0 Å². The van der Waals surface area contributed by atoms with Crippen LogP contribution in [-0.4, -0.2) is 29.8 Å². The maximum atomic E-state index is 12.5. The summed E-state index contributed by atoms with van der Waals surface area (Å²) < 4.78 is 0. The summed E-state index contributed by atoms with van der Waals surface area (Å²) >= 11 is 1.37. The lowest BCUT2D eigenvalue weighted by atomic mass is 10.1. The zero-order valence-corrected chi connectivity index (χ0v) is 13.5. The topological polar surface area (TPSA) is 49.4 Å². The van der Waals surface area contributed by atoms with Crippen LogP contribution in [-0.2, 0) is 0 Å². The number of amides is 2. The van der Waals surface area contributed by atoms with Crippen molar-refractivity contribution in [3.8, 4) is 0 Å². The zero-order chi connectivity index (χ0) is 16.7. The van der Waals surface area contributed by atoms with Gasteiger partial charge in [0.25, 0.3) is 11.8 Å². The summed E-state index contributed by atoms with van der Waals surface area (Å²) in [5.41, 5.74) is 1.10. The smallest absolute Gasteiger partial charge is 0.265 e. The summed E-state index contributed by atoms with van der Waals surface area (Å²) in [4.78, 5) is 26.8. The summed E-state index contributed by atoms with van der Waals surface area (Å²) in [7, 11) is 0. The number of hydrogen-bond acceptors (Lipinski definition) is 3. The fourth-order valence-corrected chi connectivity index (χ4v) is 2.68. The Labute approximate surface area is 139 Å². The minimum Gasteiger partial charge on any atom is -0.331 e. The number of rotatable bonds is 7. The third-order valence-corrected chi connectivity index (χ3v) is 3.97. The van der Waals surface area contributed by atoms with Gasteiger partial charge in [-0.2, -0.15) is 0 Å². The molecular formula is C18H18N2O2S. The zero-order valence-electron chi connectivity index (χ0n) is 12.7. The van der Waals surface area contributed by atoms with E-state index in [2.05, 4.69) is 18.5 Å². The average Bonchev–Trinajstić information content (AvgIpc) is 3.09. The molecule has 1 heterocycles. The monoisotopic (exact) mass is 326 g/mol. The SMILES string of the molecule is C=CCN(CC=C)C(=O)c1cccc(NC(=O)c2cccs2)c1. The molecule has 2 aromatic rings. The van der Waals surface area contributed by atoms with Gasteiger partial charge >= 0.3 is 0 Å². The van der Waals surface area contributed by atoms with Gasteiger partial charge in [-0.05, 0) is 29.6 Å². The van der Waals surface area contributed by atoms with Crippen molar-refractivity contribution < 1.29 is 9.59 Å². The summed E-state index contributed by atoms with van der Waals surface area (Å²) in [6, 6.07) is 10.5. The fourth-order valence-electron chi connectivity index (χ4n) is 2.07. The molecular weight excluding hydrogens is 308 g/mol. The van der Waals surface area contributed by atoms with Crippen molar-refractivity contribution >= 4 is 28.8 Å². The van der Waals surface area contributed by atoms with E-state index in [-0.39, 0.29) is 11.8 Å². The number of benzene rings is 1. The van der Waals surface area contributed by atoms with Crippen molar-refractivity contribution in [3.63, 3.8) is 0 Å². The maximum Gasteiger partial charge on any atom is 0.265 e. The molecule has 2 amide bonds. The van der Waals surface area contributed by atoms with Crippen molar-refractivity contribution in [2.24, 2.45) is 0 Å². The molecule has 0 atom stereocenters. The van der Waals surface area contributed by atoms with Crippen LogP contribution in [0, 0.1) is 0 Å². The van der Waals surface area contributed by atoms with Crippen LogP contribution in [0.4, 0.5) is 5.69 Å². The van der Waals surface area contributed by atoms with Crippen molar-refractivity contribution in [2.75, 3.05) is 18.4 Å². The quantitative estimate of drug-likeness (QED) is 0.787. The highest BCUT2D eigenvalue weighted by Gasteiger charge is 2.14. The second kappa shape index (κ2) is 8.10. The highest BCUT2D eigenvalue weighted by atomic mass is 32.1. The molecule has 0 aliphatic carbocycles. The van der Waals surface area contributed by atoms with Crippen molar-refractivity contribution in [2.45, 2.75) is 0 Å². The Morgan fingerprint density at radius 1 is 1.13 bits per heavy atom. The molecule has 118 valence electrons. The molecule has 5 heteroatoms. The number of thiophene rings is 1. The lowest BCUT2D eigenvalue weighted by molar-refractivity contribution is 0.0790. The van der Waals surface area contributed by atoms with Gasteiger partial charge in [0.1, 0.15) is 0 Å². The van der Waals surface area contributed by atoms with E-state index in [1.54, 1.807) is 47.4 Å². The van der Waals surface area contributed by atoms with Crippen LogP contribution in [0.25, 0.3) is 0 Å². The molecule has 1 aromatic heterocycles. The number of nitrogens with one attached hydrogen (secondary N) is 1. The molecule has 0 fully saturated rings. The van der Waals surface area contributed by atoms with E-state index < -0.39 is 0 Å². The van der Waals surface area contributed by atoms with E-state index in [1.165, 1.54) is 11.3 Å². The van der Waals surface area contributed by atoms with E-state index >= 15 is 0 Å². The molecule has 0 saturated carbocycles. The molecule has 0 aliphatic heterocycles. The second-order valence-electron chi connectivity index (χ2n) is 4.80. The first-order valence-electron chi connectivity index (χ1n) is 7.11. The van der Waals surface area contributed by atoms with Gasteiger partial charge in [0.2, 0.25) is 0 Å². The Morgan fingerprint density at radius 3 is 2.48 bits per heavy atom. The third kappa shape index (κ3) is 4.40. The molecule has 2 rings (SSSR count). The molecule has 0 saturated heterocycles. The molecule has 4 nitrogen and oxygen atoms in total. The summed E-state index contributed by atoms with van der Waals surface area (Å²) in [6.07, 6.45) is 3.34. The molecule has 0 unspecified atom stereocenters. The number of nitrogens with zero attached hydrogens (tertiary/aromatic N) is 1. The first-order chi connectivity index (χ1) is 11.2. The highest BCUT2D eigenvalue weighted by Crippen LogP contribution is 2.16. The molecule has 1 N–H and O–H groups in total. The Hall–Kier alpha value is -2.66. The molecule has 0 aliphatic rings. The second-order valence-corrected chi connectivity index (χ2v) is 5.75. The Balaban J connectivity index is 2.15. The van der Waals surface area contributed by atoms with Crippen LogP contribution in [0.3, 0.4) is 0 Å². The Bertz CT molecular complexity index is 698. The van der Waals surface area contributed by atoms with Crippen LogP contribution in [0.15, 0.2) is 67.1 Å². The third-order valence-electron chi connectivity index (χ3n) is 3.10. The summed E-state index contributed by atoms with van der Waals surface area (Å²) in [6.45, 7) is 8.20. The van der Waals surface area contributed by atoms with Gasteiger partial charge in [-0.3, -0.25) is 9.59 Å². The minimum atomic E-state index is -0.182. The van der Waals surface area contributed by atoms with Gasteiger partial charge in [0.05, 0.1) is 4.88 Å². The number of carbonyl (C=O) groups excluding carboxylic acids is 2. The van der Waals surface area contributed by atoms with Gasteiger partial charge in [-0.15, -0.1) is 24.5 Å². The lowest BCUT2D eigenvalue weighted by Crippen LogP contribution is -2.31.